The summed E-state index contributed by atoms with van der Waals surface area (Å²) in [4.78, 5) is 26.9. The molecule has 0 bridgehead atoms. The number of fused-ring (bicyclic) bond motifs is 1. The van der Waals surface area contributed by atoms with Gasteiger partial charge in [0.15, 0.2) is 5.82 Å². The standard InChI is InChI=1S/C32H41ClFN7O.C4H9N/c1-4-7-28(38-15-6-14-37-21(3)36)23-10-12-25(13-11-23)41-19-24-18-29(39-31(24)40-32(41)42)26-16-22(9-5-8-20(2)35)17-27(33)30(26)34;1-5-3-2-4-5/h10-13,16-20,28,38H,4-9,14-15,35H2,1-3H3,(H2,36,37)(H,39,40,42);2-4H2,1H3. The third kappa shape index (κ3) is 10.5. The number of H-pyrrole nitrogens is 1. The molecule has 5 rings (SSSR count). The van der Waals surface area contributed by atoms with Gasteiger partial charge >= 0.3 is 5.69 Å². The van der Waals surface area contributed by atoms with Gasteiger partial charge in [0.25, 0.3) is 0 Å². The van der Waals surface area contributed by atoms with Crippen LogP contribution in [0, 0.1) is 5.82 Å². The Kier molecular flexibility index (Phi) is 13.5. The van der Waals surface area contributed by atoms with Crippen LogP contribution < -0.4 is 22.5 Å². The van der Waals surface area contributed by atoms with Gasteiger partial charge in [-0.15, -0.1) is 0 Å². The fourth-order valence-electron chi connectivity index (χ4n) is 5.57. The highest BCUT2D eigenvalue weighted by Crippen LogP contribution is 2.31. The van der Waals surface area contributed by atoms with Gasteiger partial charge in [-0.05, 0) is 121 Å². The van der Waals surface area contributed by atoms with Crippen molar-refractivity contribution in [3.63, 3.8) is 0 Å². The highest BCUT2D eigenvalue weighted by Gasteiger charge is 2.16. The van der Waals surface area contributed by atoms with Crippen molar-refractivity contribution in [2.24, 2.45) is 16.5 Å². The second kappa shape index (κ2) is 17.5. The van der Waals surface area contributed by atoms with E-state index >= 15 is 4.39 Å². The number of amidine groups is 1. The summed E-state index contributed by atoms with van der Waals surface area (Å²) >= 11 is 6.25. The summed E-state index contributed by atoms with van der Waals surface area (Å²) in [6.45, 7) is 10.1. The number of aromatic amines is 1. The molecule has 2 aromatic heterocycles. The van der Waals surface area contributed by atoms with Crippen molar-refractivity contribution in [1.82, 2.24) is 24.8 Å². The lowest BCUT2D eigenvalue weighted by atomic mass is 10.0. The Morgan fingerprint density at radius 3 is 2.51 bits per heavy atom. The van der Waals surface area contributed by atoms with E-state index in [-0.39, 0.29) is 17.1 Å². The number of benzene rings is 2. The van der Waals surface area contributed by atoms with Crippen LogP contribution in [-0.4, -0.2) is 64.5 Å². The van der Waals surface area contributed by atoms with E-state index in [1.807, 2.05) is 31.2 Å². The maximum Gasteiger partial charge on any atom is 0.354 e. The summed E-state index contributed by atoms with van der Waals surface area (Å²) in [5.74, 6) is 0.0893. The molecule has 47 heavy (non-hydrogen) atoms. The number of hydrogen-bond acceptors (Lipinski definition) is 6. The van der Waals surface area contributed by atoms with E-state index in [4.69, 9.17) is 23.1 Å². The van der Waals surface area contributed by atoms with E-state index in [0.717, 1.165) is 56.2 Å². The Balaban J connectivity index is 0.000000912. The van der Waals surface area contributed by atoms with E-state index in [2.05, 4.69) is 39.1 Å². The number of nitrogens with one attached hydrogen (secondary N) is 2. The quantitative estimate of drug-likeness (QED) is 0.0705. The summed E-state index contributed by atoms with van der Waals surface area (Å²) in [7, 11) is 2.14. The molecule has 2 aromatic carbocycles. The van der Waals surface area contributed by atoms with Crippen molar-refractivity contribution >= 4 is 28.5 Å². The first-order valence-corrected chi connectivity index (χ1v) is 17.1. The SMILES string of the molecule is CCCC(NCCCN=C(C)N)c1ccc(-n2cc3cc(-c4cc(CCCC(C)N)cc(Cl)c4F)[nH]c3nc2=O)cc1.CN1CCC1. The first-order valence-electron chi connectivity index (χ1n) is 16.7. The Hall–Kier alpha value is -3.57. The van der Waals surface area contributed by atoms with E-state index in [1.165, 1.54) is 24.1 Å². The van der Waals surface area contributed by atoms with Crippen LogP contribution in [-0.2, 0) is 6.42 Å². The van der Waals surface area contributed by atoms with Crippen LogP contribution in [0.1, 0.15) is 76.5 Å². The van der Waals surface area contributed by atoms with Gasteiger partial charge < -0.3 is 26.7 Å². The smallest absolute Gasteiger partial charge is 0.354 e. The molecule has 1 fully saturated rings. The fourth-order valence-corrected chi connectivity index (χ4v) is 5.81. The summed E-state index contributed by atoms with van der Waals surface area (Å²) in [6.07, 6.45) is 8.57. The zero-order valence-electron chi connectivity index (χ0n) is 28.2. The molecule has 0 aliphatic carbocycles. The number of aryl methyl sites for hydroxylation is 1. The molecule has 0 radical (unpaired) electrons. The zero-order chi connectivity index (χ0) is 33.9. The number of nitrogens with two attached hydrogens (primary N) is 2. The van der Waals surface area contributed by atoms with E-state index in [9.17, 15) is 4.79 Å². The molecule has 254 valence electrons. The molecule has 1 saturated heterocycles. The summed E-state index contributed by atoms with van der Waals surface area (Å²) in [5, 5.41) is 4.36. The molecule has 4 aromatic rings. The number of aliphatic imine (C=N–C) groups is 1. The first-order chi connectivity index (χ1) is 22.5. The molecule has 0 amide bonds. The number of hydrogen-bond donors (Lipinski definition) is 4. The van der Waals surface area contributed by atoms with Crippen LogP contribution in [0.3, 0.4) is 0 Å². The minimum atomic E-state index is -0.512. The molecule has 0 saturated carbocycles. The molecule has 1 aliphatic heterocycles. The maximum absolute atomic E-state index is 15.1. The van der Waals surface area contributed by atoms with E-state index in [1.54, 1.807) is 31.3 Å². The van der Waals surface area contributed by atoms with Gasteiger partial charge in [-0.25, -0.2) is 9.18 Å². The Morgan fingerprint density at radius 2 is 1.89 bits per heavy atom. The summed E-state index contributed by atoms with van der Waals surface area (Å²) < 4.78 is 16.6. The summed E-state index contributed by atoms with van der Waals surface area (Å²) in [5.41, 5.74) is 15.1. The normalized spacial score (nSPS) is 14.8. The maximum atomic E-state index is 15.1. The van der Waals surface area contributed by atoms with Gasteiger partial charge in [0.05, 0.1) is 22.2 Å². The van der Waals surface area contributed by atoms with Crippen LogP contribution in [0.4, 0.5) is 4.39 Å². The van der Waals surface area contributed by atoms with Crippen molar-refractivity contribution in [1.29, 1.82) is 0 Å². The van der Waals surface area contributed by atoms with Crippen LogP contribution >= 0.6 is 11.6 Å². The van der Waals surface area contributed by atoms with E-state index in [0.29, 0.717) is 40.4 Å². The molecule has 9 nitrogen and oxygen atoms in total. The summed E-state index contributed by atoms with van der Waals surface area (Å²) in [6, 6.07) is 13.5. The van der Waals surface area contributed by atoms with Gasteiger partial charge in [-0.1, -0.05) is 37.1 Å². The minimum absolute atomic E-state index is 0.0598. The zero-order valence-corrected chi connectivity index (χ0v) is 28.9. The second-order valence-corrected chi connectivity index (χ2v) is 13.0. The molecule has 0 spiro atoms. The molecular weight excluding hydrogens is 615 g/mol. The third-order valence-electron chi connectivity index (χ3n) is 8.33. The third-order valence-corrected chi connectivity index (χ3v) is 8.60. The Bertz CT molecular complexity index is 1670. The second-order valence-electron chi connectivity index (χ2n) is 12.6. The van der Waals surface area contributed by atoms with Gasteiger partial charge in [-0.2, -0.15) is 4.98 Å². The highest BCUT2D eigenvalue weighted by molar-refractivity contribution is 6.31. The number of halogens is 2. The van der Waals surface area contributed by atoms with Crippen LogP contribution in [0.25, 0.3) is 28.0 Å². The topological polar surface area (TPSA) is 130 Å². The predicted molar refractivity (Wildman–Crippen MR) is 193 cm³/mol. The average Bonchev–Trinajstić information content (AvgIpc) is 3.43. The highest BCUT2D eigenvalue weighted by atomic mass is 35.5. The van der Waals surface area contributed by atoms with E-state index < -0.39 is 11.5 Å². The molecule has 2 unspecified atom stereocenters. The minimum Gasteiger partial charge on any atom is -0.388 e. The monoisotopic (exact) mass is 664 g/mol. The van der Waals surface area contributed by atoms with Crippen molar-refractivity contribution in [2.75, 3.05) is 33.2 Å². The number of rotatable bonds is 14. The van der Waals surface area contributed by atoms with Gasteiger partial charge in [0, 0.05) is 35.8 Å². The molecule has 1 aliphatic rings. The molecule has 3 heterocycles. The van der Waals surface area contributed by atoms with Gasteiger partial charge in [-0.3, -0.25) is 9.56 Å². The number of aromatic nitrogens is 3. The lowest BCUT2D eigenvalue weighted by Crippen LogP contribution is -2.32. The van der Waals surface area contributed by atoms with Gasteiger partial charge in [0.1, 0.15) is 5.65 Å². The van der Waals surface area contributed by atoms with Crippen LogP contribution in [0.5, 0.6) is 0 Å². The molecule has 6 N–H and O–H groups in total. The number of nitrogens with zero attached hydrogens (tertiary/aromatic N) is 4. The Labute approximate surface area is 282 Å². The fraction of sp³-hybridized carbons (Fsp3) is 0.472. The first kappa shape index (κ1) is 36.3. The molecular formula is C36H50ClFN8O. The van der Waals surface area contributed by atoms with Crippen molar-refractivity contribution in [2.45, 2.75) is 77.8 Å². The molecule has 11 heteroatoms. The number of likely N-dealkylation sites (tertiary alicyclic amines) is 1. The van der Waals surface area contributed by atoms with Crippen LogP contribution in [0.2, 0.25) is 5.02 Å². The Morgan fingerprint density at radius 1 is 1.17 bits per heavy atom. The van der Waals surface area contributed by atoms with Crippen LogP contribution in [0.15, 0.2) is 58.4 Å². The molecule has 2 atom stereocenters. The van der Waals surface area contributed by atoms with Crippen molar-refractivity contribution in [3.8, 4) is 16.9 Å². The predicted octanol–water partition coefficient (Wildman–Crippen LogP) is 6.36. The van der Waals surface area contributed by atoms with Gasteiger partial charge in [0.2, 0.25) is 0 Å². The average molecular weight is 665 g/mol. The lowest BCUT2D eigenvalue weighted by Gasteiger charge is -2.24. The largest absolute Gasteiger partial charge is 0.388 e. The lowest BCUT2D eigenvalue weighted by molar-refractivity contribution is 0.229. The van der Waals surface area contributed by atoms with Crippen molar-refractivity contribution in [3.05, 3.63) is 81.1 Å². The van der Waals surface area contributed by atoms with Crippen molar-refractivity contribution < 1.29 is 4.39 Å².